The van der Waals surface area contributed by atoms with Gasteiger partial charge >= 0.3 is 0 Å². The Hall–Kier alpha value is -2.87. The number of benzene rings is 1. The van der Waals surface area contributed by atoms with Crippen molar-refractivity contribution in [2.24, 2.45) is 0 Å². The van der Waals surface area contributed by atoms with Crippen LogP contribution in [0.4, 0.5) is 5.13 Å². The number of para-hydroxylation sites is 1. The van der Waals surface area contributed by atoms with Crippen molar-refractivity contribution >= 4 is 32.7 Å². The second kappa shape index (κ2) is 7.43. The van der Waals surface area contributed by atoms with Gasteiger partial charge < -0.3 is 19.3 Å². The van der Waals surface area contributed by atoms with Gasteiger partial charge in [0, 0.05) is 44.4 Å². The van der Waals surface area contributed by atoms with Crippen LogP contribution in [0.1, 0.15) is 19.4 Å². The molecule has 0 N–H and O–H groups in total. The molecule has 0 spiro atoms. The molecule has 1 amide bonds. The smallest absolute Gasteiger partial charge is 0.260 e. The average molecular weight is 425 g/mol. The molecule has 30 heavy (non-hydrogen) atoms. The van der Waals surface area contributed by atoms with Crippen molar-refractivity contribution in [2.45, 2.75) is 25.9 Å². The summed E-state index contributed by atoms with van der Waals surface area (Å²) < 4.78 is 11.9. The highest BCUT2D eigenvalue weighted by atomic mass is 32.1. The van der Waals surface area contributed by atoms with Crippen molar-refractivity contribution in [2.75, 3.05) is 37.7 Å². The number of anilines is 1. The molecule has 5 rings (SSSR count). The maximum absolute atomic E-state index is 12.7. The van der Waals surface area contributed by atoms with Crippen molar-refractivity contribution in [3.63, 3.8) is 0 Å². The first-order valence-corrected chi connectivity index (χ1v) is 11.0. The Morgan fingerprint density at radius 3 is 2.83 bits per heavy atom. The van der Waals surface area contributed by atoms with Gasteiger partial charge in [0.25, 0.3) is 5.91 Å². The third-order valence-electron chi connectivity index (χ3n) is 5.46. The standard InChI is InChI=1S/C22H24N4O3S/c1-22(2)13-15-5-3-7-17(19(15)29-22)28-14-18(27)25-9-11-26(12-10-25)21-24-16-6-4-8-23-20(16)30-21/h3-8H,9-14H2,1-2H3. The number of carbonyl (C=O) groups excluding carboxylic acids is 1. The predicted octanol–water partition coefficient (Wildman–Crippen LogP) is 3.13. The molecule has 0 bridgehead atoms. The van der Waals surface area contributed by atoms with Crippen molar-refractivity contribution in [1.82, 2.24) is 14.9 Å². The molecule has 1 saturated heterocycles. The maximum atomic E-state index is 12.7. The van der Waals surface area contributed by atoms with Gasteiger partial charge in [-0.25, -0.2) is 9.97 Å². The van der Waals surface area contributed by atoms with Crippen molar-refractivity contribution in [3.8, 4) is 11.5 Å². The van der Waals surface area contributed by atoms with Gasteiger partial charge in [0.1, 0.15) is 15.9 Å². The van der Waals surface area contributed by atoms with Crippen molar-refractivity contribution < 1.29 is 14.3 Å². The Bertz CT molecular complexity index is 1060. The number of hydrogen-bond donors (Lipinski definition) is 0. The van der Waals surface area contributed by atoms with Crippen LogP contribution in [0.25, 0.3) is 10.3 Å². The minimum Gasteiger partial charge on any atom is -0.483 e. The third-order valence-corrected chi connectivity index (χ3v) is 6.50. The molecule has 3 aromatic rings. The molecule has 0 unspecified atom stereocenters. The normalized spacial score (nSPS) is 17.7. The number of amides is 1. The number of nitrogens with zero attached hydrogens (tertiary/aromatic N) is 4. The van der Waals surface area contributed by atoms with E-state index in [1.165, 1.54) is 0 Å². The molecular weight excluding hydrogens is 400 g/mol. The van der Waals surface area contributed by atoms with Crippen molar-refractivity contribution in [1.29, 1.82) is 0 Å². The van der Waals surface area contributed by atoms with E-state index in [-0.39, 0.29) is 18.1 Å². The predicted molar refractivity (Wildman–Crippen MR) is 117 cm³/mol. The van der Waals surface area contributed by atoms with Gasteiger partial charge in [0.15, 0.2) is 23.2 Å². The number of ether oxygens (including phenoxy) is 2. The Kier molecular flexibility index (Phi) is 4.73. The van der Waals surface area contributed by atoms with Crippen LogP contribution in [0, 0.1) is 0 Å². The van der Waals surface area contributed by atoms with Crippen LogP contribution < -0.4 is 14.4 Å². The molecule has 7 nitrogen and oxygen atoms in total. The fourth-order valence-corrected chi connectivity index (χ4v) is 4.93. The van der Waals surface area contributed by atoms with Gasteiger partial charge in [-0.05, 0) is 32.0 Å². The number of fused-ring (bicyclic) bond motifs is 2. The van der Waals surface area contributed by atoms with Crippen LogP contribution in [0.3, 0.4) is 0 Å². The molecule has 2 aromatic heterocycles. The van der Waals surface area contributed by atoms with Gasteiger partial charge in [-0.2, -0.15) is 0 Å². The highest BCUT2D eigenvalue weighted by Gasteiger charge is 2.32. The molecule has 4 heterocycles. The quantitative estimate of drug-likeness (QED) is 0.641. The van der Waals surface area contributed by atoms with Crippen molar-refractivity contribution in [3.05, 3.63) is 42.1 Å². The van der Waals surface area contributed by atoms with Crippen LogP contribution in [0.5, 0.6) is 11.5 Å². The van der Waals surface area contributed by atoms with E-state index in [0.29, 0.717) is 18.8 Å². The van der Waals surface area contributed by atoms with E-state index in [4.69, 9.17) is 9.47 Å². The lowest BCUT2D eigenvalue weighted by atomic mass is 10.0. The minimum absolute atomic E-state index is 0.00419. The first-order chi connectivity index (χ1) is 14.5. The third kappa shape index (κ3) is 3.67. The summed E-state index contributed by atoms with van der Waals surface area (Å²) in [5.74, 6) is 1.41. The highest BCUT2D eigenvalue weighted by molar-refractivity contribution is 7.21. The van der Waals surface area contributed by atoms with E-state index in [1.54, 1.807) is 17.5 Å². The zero-order valence-electron chi connectivity index (χ0n) is 17.1. The molecule has 0 saturated carbocycles. The summed E-state index contributed by atoms with van der Waals surface area (Å²) in [6.45, 7) is 6.95. The van der Waals surface area contributed by atoms with Gasteiger partial charge in [-0.15, -0.1) is 0 Å². The summed E-state index contributed by atoms with van der Waals surface area (Å²) >= 11 is 1.59. The molecule has 8 heteroatoms. The molecule has 0 atom stereocenters. The lowest BCUT2D eigenvalue weighted by Crippen LogP contribution is -2.50. The highest BCUT2D eigenvalue weighted by Crippen LogP contribution is 2.41. The van der Waals surface area contributed by atoms with Crippen LogP contribution in [0.2, 0.25) is 0 Å². The first-order valence-electron chi connectivity index (χ1n) is 10.2. The lowest BCUT2D eigenvalue weighted by molar-refractivity contribution is -0.133. The summed E-state index contributed by atoms with van der Waals surface area (Å²) in [6, 6.07) is 9.75. The summed E-state index contributed by atoms with van der Waals surface area (Å²) in [5.41, 5.74) is 1.81. The second-order valence-corrected chi connectivity index (χ2v) is 9.22. The minimum atomic E-state index is -0.238. The summed E-state index contributed by atoms with van der Waals surface area (Å²) in [6.07, 6.45) is 2.63. The number of thiazole rings is 1. The zero-order chi connectivity index (χ0) is 20.7. The fourth-order valence-electron chi connectivity index (χ4n) is 3.97. The summed E-state index contributed by atoms with van der Waals surface area (Å²) in [5, 5.41) is 0.965. The number of rotatable bonds is 4. The van der Waals surface area contributed by atoms with E-state index in [2.05, 4.69) is 34.8 Å². The van der Waals surface area contributed by atoms with E-state index >= 15 is 0 Å². The summed E-state index contributed by atoms with van der Waals surface area (Å²) in [7, 11) is 0. The number of pyridine rings is 1. The zero-order valence-corrected chi connectivity index (χ0v) is 17.9. The Morgan fingerprint density at radius 1 is 1.20 bits per heavy atom. The summed E-state index contributed by atoms with van der Waals surface area (Å²) in [4.78, 5) is 26.8. The fraction of sp³-hybridized carbons (Fsp3) is 0.409. The molecule has 1 aromatic carbocycles. The topological polar surface area (TPSA) is 67.8 Å². The molecule has 156 valence electrons. The molecule has 2 aliphatic heterocycles. The van der Waals surface area contributed by atoms with Crippen LogP contribution in [0.15, 0.2) is 36.5 Å². The Balaban J connectivity index is 1.18. The number of piperazine rings is 1. The molecular formula is C22H24N4O3S. The van der Waals surface area contributed by atoms with Gasteiger partial charge in [0.05, 0.1) is 0 Å². The van der Waals surface area contributed by atoms with Crippen LogP contribution in [-0.2, 0) is 11.2 Å². The van der Waals surface area contributed by atoms with E-state index in [0.717, 1.165) is 46.3 Å². The van der Waals surface area contributed by atoms with Crippen LogP contribution >= 0.6 is 11.3 Å². The van der Waals surface area contributed by atoms with Crippen LogP contribution in [-0.4, -0.2) is 59.2 Å². The van der Waals surface area contributed by atoms with Gasteiger partial charge in [0.2, 0.25) is 0 Å². The lowest BCUT2D eigenvalue weighted by Gasteiger charge is -2.34. The maximum Gasteiger partial charge on any atom is 0.260 e. The first kappa shape index (κ1) is 19.1. The molecule has 0 radical (unpaired) electrons. The number of aromatic nitrogens is 2. The second-order valence-electron chi connectivity index (χ2n) is 8.26. The average Bonchev–Trinajstić information content (AvgIpc) is 3.31. The number of carbonyl (C=O) groups is 1. The SMILES string of the molecule is CC1(C)Cc2cccc(OCC(=O)N3CCN(c4nc5cccnc5s4)CC3)c2O1. The Labute approximate surface area is 179 Å². The van der Waals surface area contributed by atoms with E-state index < -0.39 is 0 Å². The Morgan fingerprint density at radius 2 is 2.03 bits per heavy atom. The van der Waals surface area contributed by atoms with E-state index in [1.807, 2.05) is 29.2 Å². The van der Waals surface area contributed by atoms with Gasteiger partial charge in [-0.3, -0.25) is 4.79 Å². The molecule has 0 aliphatic carbocycles. The molecule has 2 aliphatic rings. The largest absolute Gasteiger partial charge is 0.483 e. The van der Waals surface area contributed by atoms with Gasteiger partial charge in [-0.1, -0.05) is 23.5 Å². The molecule has 1 fully saturated rings. The number of hydrogen-bond acceptors (Lipinski definition) is 7. The van der Waals surface area contributed by atoms with E-state index in [9.17, 15) is 4.79 Å². The monoisotopic (exact) mass is 424 g/mol.